The lowest BCUT2D eigenvalue weighted by Crippen LogP contribution is -2.35. The average molecular weight is 266 g/mol. The largest absolute Gasteiger partial charge is 0.344 e. The van der Waals surface area contributed by atoms with E-state index in [-0.39, 0.29) is 0 Å². The van der Waals surface area contributed by atoms with Crippen LogP contribution in [0, 0.1) is 0 Å². The first kappa shape index (κ1) is 13.5. The van der Waals surface area contributed by atoms with E-state index in [1.807, 2.05) is 0 Å². The zero-order valence-electron chi connectivity index (χ0n) is 10.0. The van der Waals surface area contributed by atoms with Crippen LogP contribution in [0.3, 0.4) is 0 Å². The highest BCUT2D eigenvalue weighted by Crippen LogP contribution is 2.60. The van der Waals surface area contributed by atoms with Crippen LogP contribution >= 0.6 is 7.37 Å². The molecule has 5 heteroatoms. The van der Waals surface area contributed by atoms with Gasteiger partial charge in [0.15, 0.2) is 0 Å². The monoisotopic (exact) mass is 266 g/mol. The van der Waals surface area contributed by atoms with Gasteiger partial charge in [-0.2, -0.15) is 0 Å². The van der Waals surface area contributed by atoms with Crippen molar-refractivity contribution in [2.45, 2.75) is 75.0 Å². The molecule has 2 rings (SSSR count). The Labute approximate surface area is 101 Å². The molecule has 0 heterocycles. The molecule has 0 aromatic rings. The van der Waals surface area contributed by atoms with Crippen LogP contribution in [-0.2, 0) is 4.57 Å². The summed E-state index contributed by atoms with van der Waals surface area (Å²) < 4.78 is 40.0. The summed E-state index contributed by atoms with van der Waals surface area (Å²) in [5.74, 6) is 0. The lowest BCUT2D eigenvalue weighted by Gasteiger charge is -2.37. The van der Waals surface area contributed by atoms with Crippen molar-refractivity contribution >= 4 is 7.37 Å². The van der Waals surface area contributed by atoms with Gasteiger partial charge in [-0.05, 0) is 25.7 Å². The van der Waals surface area contributed by atoms with Crippen molar-refractivity contribution in [3.63, 3.8) is 0 Å². The highest BCUT2D eigenvalue weighted by molar-refractivity contribution is 7.59. The molecule has 0 aliphatic heterocycles. The highest BCUT2D eigenvalue weighted by atomic mass is 31.2. The Morgan fingerprint density at radius 2 is 1.18 bits per heavy atom. The Hall–Kier alpha value is 0.0500. The maximum absolute atomic E-state index is 13.8. The summed E-state index contributed by atoms with van der Waals surface area (Å²) in [6.45, 7) is 0. The molecule has 0 bridgehead atoms. The number of rotatable bonds is 2. The molecule has 0 aromatic heterocycles. The minimum absolute atomic E-state index is 0.360. The summed E-state index contributed by atoms with van der Waals surface area (Å²) in [4.78, 5) is 10.2. The molecule has 2 nitrogen and oxygen atoms in total. The van der Waals surface area contributed by atoms with Gasteiger partial charge in [-0.3, -0.25) is 4.57 Å². The predicted octanol–water partition coefficient (Wildman–Crippen LogP) is 3.82. The lowest BCUT2D eigenvalue weighted by molar-refractivity contribution is 0.217. The Kier molecular flexibility index (Phi) is 4.25. The fourth-order valence-corrected chi connectivity index (χ4v) is 6.03. The van der Waals surface area contributed by atoms with Crippen LogP contribution in [-0.4, -0.2) is 28.6 Å². The predicted molar refractivity (Wildman–Crippen MR) is 64.1 cm³/mol. The first-order chi connectivity index (χ1) is 8.03. The summed E-state index contributed by atoms with van der Waals surface area (Å²) in [6, 6.07) is 0. The molecule has 17 heavy (non-hydrogen) atoms. The fourth-order valence-electron chi connectivity index (χ4n) is 3.21. The van der Waals surface area contributed by atoms with Crippen LogP contribution in [0.5, 0.6) is 0 Å². The molecule has 2 aliphatic rings. The van der Waals surface area contributed by atoms with Crippen LogP contribution in [0.1, 0.15) is 51.4 Å². The maximum Gasteiger partial charge on any atom is 0.212 e. The van der Waals surface area contributed by atoms with E-state index >= 15 is 0 Å². The molecule has 0 saturated heterocycles. The van der Waals surface area contributed by atoms with Crippen molar-refractivity contribution in [2.24, 2.45) is 0 Å². The number of hydrogen-bond donors (Lipinski definition) is 1. The Morgan fingerprint density at radius 1 is 0.824 bits per heavy atom. The third-order valence-corrected chi connectivity index (χ3v) is 7.31. The van der Waals surface area contributed by atoms with Crippen molar-refractivity contribution in [1.29, 1.82) is 0 Å². The fraction of sp³-hybridized carbons (Fsp3) is 1.00. The molecular formula is C12H21F2O2P. The van der Waals surface area contributed by atoms with Crippen molar-refractivity contribution < 1.29 is 18.2 Å². The summed E-state index contributed by atoms with van der Waals surface area (Å²) in [5, 5.41) is 0. The topological polar surface area (TPSA) is 37.3 Å². The van der Waals surface area contributed by atoms with Crippen LogP contribution in [0.4, 0.5) is 8.78 Å². The summed E-state index contributed by atoms with van der Waals surface area (Å²) in [5.41, 5.74) is -1.62. The number of alkyl halides is 2. The lowest BCUT2D eigenvalue weighted by atomic mass is 9.98. The van der Waals surface area contributed by atoms with Crippen molar-refractivity contribution in [3.05, 3.63) is 0 Å². The van der Waals surface area contributed by atoms with Crippen molar-refractivity contribution in [3.8, 4) is 0 Å². The molecule has 2 aliphatic carbocycles. The van der Waals surface area contributed by atoms with Gasteiger partial charge in [0, 0.05) is 0 Å². The van der Waals surface area contributed by atoms with Gasteiger partial charge in [0.05, 0.1) is 11.3 Å². The van der Waals surface area contributed by atoms with Gasteiger partial charge in [0.2, 0.25) is 7.37 Å². The second-order valence-corrected chi connectivity index (χ2v) is 8.08. The van der Waals surface area contributed by atoms with Gasteiger partial charge in [-0.15, -0.1) is 0 Å². The van der Waals surface area contributed by atoms with E-state index in [9.17, 15) is 18.2 Å². The van der Waals surface area contributed by atoms with Crippen LogP contribution < -0.4 is 0 Å². The van der Waals surface area contributed by atoms with Crippen LogP contribution in [0.15, 0.2) is 0 Å². The third-order valence-electron chi connectivity index (χ3n) is 4.24. The smallest absolute Gasteiger partial charge is 0.212 e. The molecule has 2 fully saturated rings. The minimum atomic E-state index is -3.71. The zero-order valence-corrected chi connectivity index (χ0v) is 10.9. The van der Waals surface area contributed by atoms with Gasteiger partial charge in [-0.25, -0.2) is 8.78 Å². The number of halogens is 2. The third kappa shape index (κ3) is 2.73. The van der Waals surface area contributed by atoms with E-state index in [1.165, 1.54) is 0 Å². The van der Waals surface area contributed by atoms with Crippen LogP contribution in [0.2, 0.25) is 0 Å². The minimum Gasteiger partial charge on any atom is -0.344 e. The molecule has 4 atom stereocenters. The SMILES string of the molecule is O=P(O)(C1CCCCC1F)C1CCCCC1F. The van der Waals surface area contributed by atoms with E-state index < -0.39 is 31.0 Å². The number of hydrogen-bond acceptors (Lipinski definition) is 1. The molecule has 100 valence electrons. The van der Waals surface area contributed by atoms with Crippen LogP contribution in [0.25, 0.3) is 0 Å². The average Bonchev–Trinajstić information content (AvgIpc) is 2.29. The Morgan fingerprint density at radius 3 is 1.53 bits per heavy atom. The van der Waals surface area contributed by atoms with Gasteiger partial charge in [0.1, 0.15) is 12.3 Å². The zero-order chi connectivity index (χ0) is 12.5. The standard InChI is InChI=1S/C12H21F2O2P/c13-9-5-1-3-7-11(9)17(15,16)12-8-4-2-6-10(12)14/h9-12H,1-8H2,(H,15,16). The van der Waals surface area contributed by atoms with E-state index in [0.29, 0.717) is 25.7 Å². The molecule has 0 spiro atoms. The first-order valence-corrected chi connectivity index (χ1v) is 8.43. The molecule has 0 radical (unpaired) electrons. The van der Waals surface area contributed by atoms with E-state index in [4.69, 9.17) is 0 Å². The normalized spacial score (nSPS) is 43.0. The summed E-state index contributed by atoms with van der Waals surface area (Å²) in [7, 11) is -3.71. The quantitative estimate of drug-likeness (QED) is 0.771. The molecule has 2 saturated carbocycles. The van der Waals surface area contributed by atoms with E-state index in [0.717, 1.165) is 25.7 Å². The second kappa shape index (κ2) is 5.36. The molecule has 1 N–H and O–H groups in total. The summed E-state index contributed by atoms with van der Waals surface area (Å²) in [6.07, 6.45) is 2.32. The van der Waals surface area contributed by atoms with E-state index in [1.54, 1.807) is 0 Å². The Bertz CT molecular complexity index is 285. The van der Waals surface area contributed by atoms with Gasteiger partial charge in [-0.1, -0.05) is 25.7 Å². The summed E-state index contributed by atoms with van der Waals surface area (Å²) >= 11 is 0. The highest BCUT2D eigenvalue weighted by Gasteiger charge is 2.48. The van der Waals surface area contributed by atoms with E-state index in [2.05, 4.69) is 0 Å². The maximum atomic E-state index is 13.8. The van der Waals surface area contributed by atoms with Gasteiger partial charge in [0.25, 0.3) is 0 Å². The van der Waals surface area contributed by atoms with Crippen molar-refractivity contribution in [1.82, 2.24) is 0 Å². The van der Waals surface area contributed by atoms with Gasteiger partial charge < -0.3 is 4.89 Å². The molecule has 0 amide bonds. The first-order valence-electron chi connectivity index (χ1n) is 6.64. The Balaban J connectivity index is 2.13. The van der Waals surface area contributed by atoms with Crippen molar-refractivity contribution in [2.75, 3.05) is 0 Å². The molecule has 4 unspecified atom stereocenters. The second-order valence-electron chi connectivity index (χ2n) is 5.41. The van der Waals surface area contributed by atoms with Gasteiger partial charge >= 0.3 is 0 Å². The molecule has 0 aromatic carbocycles. The molecular weight excluding hydrogens is 245 g/mol.